The van der Waals surface area contributed by atoms with E-state index in [4.69, 9.17) is 0 Å². The zero-order valence-corrected chi connectivity index (χ0v) is 13.4. The van der Waals surface area contributed by atoms with E-state index in [1.807, 2.05) is 0 Å². The van der Waals surface area contributed by atoms with Crippen LogP contribution in [0.15, 0.2) is 29.2 Å². The maximum Gasteiger partial charge on any atom is 0.446 e. The number of halogens is 3. The molecule has 22 heavy (non-hydrogen) atoms. The Morgan fingerprint density at radius 2 is 1.95 bits per heavy atom. The molecular weight excluding hydrogens is 335 g/mol. The fraction of sp³-hybridized carbons (Fsp3) is 0.429. The number of thioether (sulfide) groups is 2. The highest BCUT2D eigenvalue weighted by Crippen LogP contribution is 2.37. The molecule has 0 aliphatic carbocycles. The van der Waals surface area contributed by atoms with E-state index >= 15 is 0 Å². The number of hydrogen-bond acceptors (Lipinski definition) is 4. The van der Waals surface area contributed by atoms with Crippen LogP contribution in [0.3, 0.4) is 0 Å². The van der Waals surface area contributed by atoms with E-state index in [2.05, 4.69) is 0 Å². The minimum Gasteiger partial charge on any atom is -0.312 e. The summed E-state index contributed by atoms with van der Waals surface area (Å²) in [6.07, 6.45) is 0.360. The highest BCUT2D eigenvalue weighted by Gasteiger charge is 2.32. The van der Waals surface area contributed by atoms with Gasteiger partial charge < -0.3 is 4.90 Å². The molecule has 1 aromatic rings. The van der Waals surface area contributed by atoms with Crippen LogP contribution in [0.25, 0.3) is 0 Å². The Morgan fingerprint density at radius 3 is 2.50 bits per heavy atom. The SMILES string of the molecule is CC(=O)SCC1CC(=O)N(c2ccc(SC(F)(F)F)cc2)C1. The van der Waals surface area contributed by atoms with Crippen LogP contribution in [0.4, 0.5) is 18.9 Å². The lowest BCUT2D eigenvalue weighted by Gasteiger charge is -2.17. The highest BCUT2D eigenvalue weighted by atomic mass is 32.2. The van der Waals surface area contributed by atoms with Crippen molar-refractivity contribution in [2.75, 3.05) is 17.2 Å². The Kier molecular flexibility index (Phi) is 5.44. The van der Waals surface area contributed by atoms with Gasteiger partial charge in [0.1, 0.15) is 0 Å². The summed E-state index contributed by atoms with van der Waals surface area (Å²) in [6, 6.07) is 5.76. The molecule has 0 saturated carbocycles. The van der Waals surface area contributed by atoms with Crippen molar-refractivity contribution in [3.05, 3.63) is 24.3 Å². The summed E-state index contributed by atoms with van der Waals surface area (Å²) in [4.78, 5) is 24.6. The molecule has 0 aromatic heterocycles. The molecule has 1 unspecified atom stereocenters. The molecule has 1 saturated heterocycles. The molecule has 1 atom stereocenters. The van der Waals surface area contributed by atoms with Crippen molar-refractivity contribution in [3.8, 4) is 0 Å². The van der Waals surface area contributed by atoms with E-state index < -0.39 is 5.51 Å². The fourth-order valence-electron chi connectivity index (χ4n) is 2.21. The molecule has 0 bridgehead atoms. The summed E-state index contributed by atoms with van der Waals surface area (Å²) < 4.78 is 36.8. The zero-order chi connectivity index (χ0) is 16.3. The van der Waals surface area contributed by atoms with Gasteiger partial charge in [-0.3, -0.25) is 9.59 Å². The predicted octanol–water partition coefficient (Wildman–Crippen LogP) is 3.93. The first kappa shape index (κ1) is 17.2. The maximum absolute atomic E-state index is 12.3. The first-order valence-corrected chi connectivity index (χ1v) is 8.34. The quantitative estimate of drug-likeness (QED) is 0.772. The molecule has 8 heteroatoms. The largest absolute Gasteiger partial charge is 0.446 e. The Balaban J connectivity index is 1.99. The number of carbonyl (C=O) groups excluding carboxylic acids is 2. The molecule has 1 amide bonds. The first-order chi connectivity index (χ1) is 10.2. The minimum absolute atomic E-state index is 0.0134. The van der Waals surface area contributed by atoms with Crippen LogP contribution in [-0.2, 0) is 9.59 Å². The van der Waals surface area contributed by atoms with Gasteiger partial charge in [0.15, 0.2) is 5.12 Å². The van der Waals surface area contributed by atoms with E-state index in [9.17, 15) is 22.8 Å². The molecule has 1 fully saturated rings. The Bertz CT molecular complexity index is 560. The van der Waals surface area contributed by atoms with Crippen LogP contribution >= 0.6 is 23.5 Å². The lowest BCUT2D eigenvalue weighted by atomic mass is 10.1. The van der Waals surface area contributed by atoms with Gasteiger partial charge in [0.05, 0.1) is 0 Å². The number of nitrogens with zero attached hydrogens (tertiary/aromatic N) is 1. The van der Waals surface area contributed by atoms with Crippen LogP contribution < -0.4 is 4.90 Å². The van der Waals surface area contributed by atoms with Crippen LogP contribution in [-0.4, -0.2) is 28.8 Å². The third-order valence-electron chi connectivity index (χ3n) is 3.11. The van der Waals surface area contributed by atoms with E-state index in [-0.39, 0.29) is 33.6 Å². The normalized spacial score (nSPS) is 18.8. The smallest absolute Gasteiger partial charge is 0.312 e. The molecule has 0 radical (unpaired) electrons. The van der Waals surface area contributed by atoms with Gasteiger partial charge >= 0.3 is 5.51 Å². The Hall–Kier alpha value is -1.15. The summed E-state index contributed by atoms with van der Waals surface area (Å²) in [6.45, 7) is 1.97. The summed E-state index contributed by atoms with van der Waals surface area (Å²) in [5, 5.41) is 0.0134. The molecule has 120 valence electrons. The van der Waals surface area contributed by atoms with Crippen molar-refractivity contribution >= 4 is 40.2 Å². The van der Waals surface area contributed by atoms with Crippen molar-refractivity contribution in [3.63, 3.8) is 0 Å². The third kappa shape index (κ3) is 4.95. The number of rotatable bonds is 4. The molecular formula is C14H14F3NO2S2. The second kappa shape index (κ2) is 6.95. The first-order valence-electron chi connectivity index (χ1n) is 6.54. The number of anilines is 1. The van der Waals surface area contributed by atoms with Crippen molar-refractivity contribution < 1.29 is 22.8 Å². The van der Waals surface area contributed by atoms with E-state index in [0.717, 1.165) is 0 Å². The van der Waals surface area contributed by atoms with Crippen LogP contribution in [0.1, 0.15) is 13.3 Å². The van der Waals surface area contributed by atoms with Crippen molar-refractivity contribution in [2.24, 2.45) is 5.92 Å². The number of carbonyl (C=O) groups is 2. The minimum atomic E-state index is -4.32. The monoisotopic (exact) mass is 349 g/mol. The Labute approximate surface area is 134 Å². The predicted molar refractivity (Wildman–Crippen MR) is 82.0 cm³/mol. The van der Waals surface area contributed by atoms with Crippen molar-refractivity contribution in [2.45, 2.75) is 23.7 Å². The van der Waals surface area contributed by atoms with Gasteiger partial charge in [0, 0.05) is 36.2 Å². The lowest BCUT2D eigenvalue weighted by molar-refractivity contribution is -0.117. The highest BCUT2D eigenvalue weighted by molar-refractivity contribution is 8.13. The van der Waals surface area contributed by atoms with E-state index in [1.165, 1.54) is 43.0 Å². The second-order valence-electron chi connectivity index (χ2n) is 4.92. The van der Waals surface area contributed by atoms with Gasteiger partial charge in [-0.1, -0.05) is 11.8 Å². The van der Waals surface area contributed by atoms with Gasteiger partial charge in [0.25, 0.3) is 0 Å². The van der Waals surface area contributed by atoms with Crippen molar-refractivity contribution in [1.82, 2.24) is 0 Å². The summed E-state index contributed by atoms with van der Waals surface area (Å²) in [7, 11) is 0. The molecule has 1 aromatic carbocycles. The average molecular weight is 349 g/mol. The van der Waals surface area contributed by atoms with Crippen molar-refractivity contribution in [1.29, 1.82) is 0 Å². The topological polar surface area (TPSA) is 37.4 Å². The van der Waals surface area contributed by atoms with Gasteiger partial charge in [0.2, 0.25) is 5.91 Å². The standard InChI is InChI=1S/C14H14F3NO2S2/c1-9(19)21-8-10-6-13(20)18(7-10)11-2-4-12(5-3-11)22-14(15,16)17/h2-5,10H,6-8H2,1H3. The molecule has 0 spiro atoms. The number of alkyl halides is 3. The second-order valence-corrected chi connectivity index (χ2v) is 7.25. The van der Waals surface area contributed by atoms with Crippen LogP contribution in [0.5, 0.6) is 0 Å². The fourth-order valence-corrected chi connectivity index (χ4v) is 3.44. The maximum atomic E-state index is 12.3. The molecule has 1 aliphatic rings. The van der Waals surface area contributed by atoms with E-state index in [0.29, 0.717) is 24.4 Å². The lowest BCUT2D eigenvalue weighted by Crippen LogP contribution is -2.24. The van der Waals surface area contributed by atoms with Gasteiger partial charge in [-0.15, -0.1) is 0 Å². The summed E-state index contributed by atoms with van der Waals surface area (Å²) in [5.41, 5.74) is -3.73. The number of benzene rings is 1. The molecule has 1 heterocycles. The average Bonchev–Trinajstić information content (AvgIpc) is 2.77. The summed E-state index contributed by atoms with van der Waals surface area (Å²) >= 11 is 1.01. The molecule has 0 N–H and O–H groups in total. The van der Waals surface area contributed by atoms with Gasteiger partial charge in [-0.05, 0) is 41.9 Å². The number of amides is 1. The molecule has 2 rings (SSSR count). The van der Waals surface area contributed by atoms with Crippen LogP contribution in [0.2, 0.25) is 0 Å². The zero-order valence-electron chi connectivity index (χ0n) is 11.7. The van der Waals surface area contributed by atoms with Gasteiger partial charge in [-0.2, -0.15) is 13.2 Å². The third-order valence-corrected chi connectivity index (χ3v) is 4.89. The number of hydrogen-bond donors (Lipinski definition) is 0. The van der Waals surface area contributed by atoms with E-state index in [1.54, 1.807) is 4.90 Å². The molecule has 3 nitrogen and oxygen atoms in total. The Morgan fingerprint density at radius 1 is 1.32 bits per heavy atom. The summed E-state index contributed by atoms with van der Waals surface area (Å²) in [5.74, 6) is 0.607. The van der Waals surface area contributed by atoms with Crippen LogP contribution in [0, 0.1) is 5.92 Å². The van der Waals surface area contributed by atoms with Gasteiger partial charge in [-0.25, -0.2) is 0 Å². The molecule has 1 aliphatic heterocycles.